The molecule has 1 saturated carbocycles. The molecule has 1 aliphatic carbocycles. The Hall–Kier alpha value is -1.86. The third-order valence-corrected chi connectivity index (χ3v) is 7.24. The quantitative estimate of drug-likeness (QED) is 0.698. The first-order valence-corrected chi connectivity index (χ1v) is 10.4. The van der Waals surface area contributed by atoms with E-state index in [0.717, 1.165) is 6.42 Å². The fourth-order valence-electron chi connectivity index (χ4n) is 4.56. The molecule has 3 atom stereocenters. The van der Waals surface area contributed by atoms with Crippen molar-refractivity contribution in [1.82, 2.24) is 14.8 Å². The van der Waals surface area contributed by atoms with E-state index in [1.54, 1.807) is 9.80 Å². The summed E-state index contributed by atoms with van der Waals surface area (Å²) in [6.07, 6.45) is 1.46. The fraction of sp³-hybridized carbons (Fsp3) is 0.722. The molecule has 152 valence electrons. The molecular formula is C18H22F3N5OS. The van der Waals surface area contributed by atoms with Gasteiger partial charge in [-0.1, -0.05) is 12.8 Å². The van der Waals surface area contributed by atoms with Gasteiger partial charge in [-0.05, 0) is 12.8 Å². The van der Waals surface area contributed by atoms with Crippen molar-refractivity contribution in [2.45, 2.75) is 43.8 Å². The van der Waals surface area contributed by atoms with E-state index in [0.29, 0.717) is 55.6 Å². The van der Waals surface area contributed by atoms with E-state index < -0.39 is 24.1 Å². The molecule has 0 spiro atoms. The second kappa shape index (κ2) is 7.52. The van der Waals surface area contributed by atoms with Crippen LogP contribution >= 0.6 is 11.3 Å². The molecule has 2 saturated heterocycles. The third-order valence-electron chi connectivity index (χ3n) is 6.09. The standard InChI is InChI=1S/C18H22F3N5OS/c19-18(20,21)13-4-2-1-3-12(13)15-9-23-17(28-15)26-8-7-25-6-5-24(11-22)10-14(25)16(26)27/h9,12-14H,1-8,10H2/t12-,13+,14?/m0/s1. The van der Waals surface area contributed by atoms with Crippen LogP contribution < -0.4 is 4.90 Å². The molecule has 0 aromatic carbocycles. The van der Waals surface area contributed by atoms with Crippen LogP contribution in [0.4, 0.5) is 18.3 Å². The maximum absolute atomic E-state index is 13.4. The van der Waals surface area contributed by atoms with Crippen molar-refractivity contribution >= 4 is 22.4 Å². The zero-order chi connectivity index (χ0) is 19.9. The molecule has 3 fully saturated rings. The fourth-order valence-corrected chi connectivity index (χ4v) is 5.70. The van der Waals surface area contributed by atoms with Crippen molar-refractivity contribution < 1.29 is 18.0 Å². The van der Waals surface area contributed by atoms with Gasteiger partial charge in [0.2, 0.25) is 5.91 Å². The smallest absolute Gasteiger partial charge is 0.307 e. The van der Waals surface area contributed by atoms with Crippen LogP contribution in [0.3, 0.4) is 0 Å². The molecule has 4 rings (SSSR count). The van der Waals surface area contributed by atoms with Crippen LogP contribution in [0.1, 0.15) is 36.5 Å². The van der Waals surface area contributed by atoms with E-state index in [2.05, 4.69) is 16.1 Å². The predicted molar refractivity (Wildman–Crippen MR) is 97.8 cm³/mol. The molecule has 6 nitrogen and oxygen atoms in total. The minimum atomic E-state index is -4.21. The highest BCUT2D eigenvalue weighted by molar-refractivity contribution is 7.15. The number of piperazine rings is 2. The first-order valence-electron chi connectivity index (χ1n) is 9.61. The molecule has 28 heavy (non-hydrogen) atoms. The molecular weight excluding hydrogens is 391 g/mol. The number of nitrogens with zero attached hydrogens (tertiary/aromatic N) is 5. The number of alkyl halides is 3. The summed E-state index contributed by atoms with van der Waals surface area (Å²) >= 11 is 1.21. The molecule has 1 aromatic rings. The highest BCUT2D eigenvalue weighted by Gasteiger charge is 2.47. The van der Waals surface area contributed by atoms with E-state index >= 15 is 0 Å². The lowest BCUT2D eigenvalue weighted by molar-refractivity contribution is -0.187. The van der Waals surface area contributed by atoms with Crippen LogP contribution in [-0.2, 0) is 4.79 Å². The second-order valence-electron chi connectivity index (χ2n) is 7.67. The lowest BCUT2D eigenvalue weighted by Gasteiger charge is -2.44. The van der Waals surface area contributed by atoms with Gasteiger partial charge in [0.1, 0.15) is 6.04 Å². The Morgan fingerprint density at radius 3 is 2.68 bits per heavy atom. The van der Waals surface area contributed by atoms with Gasteiger partial charge in [0.25, 0.3) is 0 Å². The van der Waals surface area contributed by atoms with Gasteiger partial charge >= 0.3 is 6.18 Å². The zero-order valence-corrected chi connectivity index (χ0v) is 16.2. The van der Waals surface area contributed by atoms with Gasteiger partial charge in [-0.25, -0.2) is 4.98 Å². The number of rotatable bonds is 2. The van der Waals surface area contributed by atoms with Crippen molar-refractivity contribution in [3.05, 3.63) is 11.1 Å². The van der Waals surface area contributed by atoms with E-state index in [-0.39, 0.29) is 12.3 Å². The van der Waals surface area contributed by atoms with Crippen LogP contribution in [0.15, 0.2) is 6.20 Å². The van der Waals surface area contributed by atoms with E-state index in [1.165, 1.54) is 17.5 Å². The first-order chi connectivity index (χ1) is 13.4. The van der Waals surface area contributed by atoms with Gasteiger partial charge in [0.05, 0.1) is 12.5 Å². The summed E-state index contributed by atoms with van der Waals surface area (Å²) in [5.74, 6) is -2.02. The molecule has 10 heteroatoms. The van der Waals surface area contributed by atoms with Crippen LogP contribution in [0.5, 0.6) is 0 Å². The van der Waals surface area contributed by atoms with Gasteiger partial charge in [-0.2, -0.15) is 18.4 Å². The highest BCUT2D eigenvalue weighted by atomic mass is 32.1. The molecule has 3 heterocycles. The molecule has 1 aromatic heterocycles. The van der Waals surface area contributed by atoms with Gasteiger partial charge in [-0.15, -0.1) is 11.3 Å². The molecule has 1 unspecified atom stereocenters. The highest BCUT2D eigenvalue weighted by Crippen LogP contribution is 2.48. The Bertz CT molecular complexity index is 776. The minimum Gasteiger partial charge on any atom is -0.307 e. The number of carbonyl (C=O) groups excluding carboxylic acids is 1. The third kappa shape index (κ3) is 3.57. The molecule has 0 N–H and O–H groups in total. The number of nitriles is 1. The number of carbonyl (C=O) groups is 1. The summed E-state index contributed by atoms with van der Waals surface area (Å²) in [5.41, 5.74) is 0. The number of amides is 1. The SMILES string of the molecule is N#CN1CCN2CCN(c3ncc([C@H]4CCCC[C@H]4C(F)(F)F)s3)C(=O)C2C1. The minimum absolute atomic E-state index is 0.122. The monoisotopic (exact) mass is 413 g/mol. The number of halogens is 3. The number of hydrogen-bond acceptors (Lipinski definition) is 6. The van der Waals surface area contributed by atoms with Crippen molar-refractivity contribution in [2.75, 3.05) is 37.6 Å². The van der Waals surface area contributed by atoms with E-state index in [4.69, 9.17) is 5.26 Å². The Balaban J connectivity index is 1.52. The van der Waals surface area contributed by atoms with Crippen LogP contribution in [0, 0.1) is 17.4 Å². The van der Waals surface area contributed by atoms with Gasteiger partial charge in [0.15, 0.2) is 11.3 Å². The largest absolute Gasteiger partial charge is 0.392 e. The predicted octanol–water partition coefficient (Wildman–Crippen LogP) is 2.79. The normalized spacial score (nSPS) is 29.5. The molecule has 2 aliphatic heterocycles. The lowest BCUT2D eigenvalue weighted by Crippen LogP contribution is -2.64. The second-order valence-corrected chi connectivity index (χ2v) is 8.71. The summed E-state index contributed by atoms with van der Waals surface area (Å²) in [4.78, 5) is 23.1. The molecule has 0 radical (unpaired) electrons. The number of anilines is 1. The Kier molecular flexibility index (Phi) is 5.22. The molecule has 0 bridgehead atoms. The lowest BCUT2D eigenvalue weighted by atomic mass is 9.78. The zero-order valence-electron chi connectivity index (χ0n) is 15.4. The maximum atomic E-state index is 13.4. The summed E-state index contributed by atoms with van der Waals surface area (Å²) in [6.45, 7) is 2.78. The number of hydrogen-bond donors (Lipinski definition) is 0. The van der Waals surface area contributed by atoms with Crippen molar-refractivity contribution in [3.63, 3.8) is 0 Å². The van der Waals surface area contributed by atoms with Crippen molar-refractivity contribution in [1.29, 1.82) is 5.26 Å². The van der Waals surface area contributed by atoms with Crippen LogP contribution in [0.25, 0.3) is 0 Å². The van der Waals surface area contributed by atoms with Crippen LogP contribution in [-0.4, -0.2) is 65.6 Å². The van der Waals surface area contributed by atoms with Crippen molar-refractivity contribution in [3.8, 4) is 6.19 Å². The Morgan fingerprint density at radius 2 is 1.93 bits per heavy atom. The Labute approximate surface area is 165 Å². The maximum Gasteiger partial charge on any atom is 0.392 e. The molecule has 3 aliphatic rings. The summed E-state index contributed by atoms with van der Waals surface area (Å²) in [5, 5.41) is 9.59. The summed E-state index contributed by atoms with van der Waals surface area (Å²) < 4.78 is 40.3. The van der Waals surface area contributed by atoms with E-state index in [9.17, 15) is 18.0 Å². The topological polar surface area (TPSA) is 63.5 Å². The Morgan fingerprint density at radius 1 is 1.18 bits per heavy atom. The summed E-state index contributed by atoms with van der Waals surface area (Å²) in [6, 6.07) is -0.396. The average molecular weight is 413 g/mol. The van der Waals surface area contributed by atoms with Gasteiger partial charge in [0, 0.05) is 43.2 Å². The number of thiazole rings is 1. The molecule has 1 amide bonds. The summed E-state index contributed by atoms with van der Waals surface area (Å²) in [7, 11) is 0. The number of aromatic nitrogens is 1. The number of fused-ring (bicyclic) bond motifs is 1. The van der Waals surface area contributed by atoms with Gasteiger partial charge < -0.3 is 4.90 Å². The average Bonchev–Trinajstić information content (AvgIpc) is 3.17. The van der Waals surface area contributed by atoms with E-state index in [1.807, 2.05) is 0 Å². The van der Waals surface area contributed by atoms with Crippen LogP contribution in [0.2, 0.25) is 0 Å². The van der Waals surface area contributed by atoms with Crippen molar-refractivity contribution in [2.24, 2.45) is 5.92 Å². The first kappa shape index (κ1) is 19.5. The van der Waals surface area contributed by atoms with Gasteiger partial charge in [-0.3, -0.25) is 14.6 Å².